The van der Waals surface area contributed by atoms with Crippen molar-refractivity contribution in [3.63, 3.8) is 0 Å². The molecule has 0 saturated heterocycles. The molecule has 0 bridgehead atoms. The predicted octanol–water partition coefficient (Wildman–Crippen LogP) is 5.53. The second-order valence-electron chi connectivity index (χ2n) is 5.98. The van der Waals surface area contributed by atoms with Gasteiger partial charge in [-0.25, -0.2) is 4.98 Å². The van der Waals surface area contributed by atoms with Gasteiger partial charge >= 0.3 is 0 Å². The van der Waals surface area contributed by atoms with Crippen molar-refractivity contribution in [3.8, 4) is 11.1 Å². The first-order valence-electron chi connectivity index (χ1n) is 8.11. The molecule has 4 aromatic rings. The van der Waals surface area contributed by atoms with Gasteiger partial charge in [0.1, 0.15) is 0 Å². The molecule has 0 N–H and O–H groups in total. The van der Waals surface area contributed by atoms with Crippen molar-refractivity contribution >= 4 is 38.4 Å². The highest BCUT2D eigenvalue weighted by molar-refractivity contribution is 9.10. The smallest absolute Gasteiger partial charge is 0.261 e. The Bertz CT molecular complexity index is 1160. The van der Waals surface area contributed by atoms with E-state index in [1.165, 1.54) is 0 Å². The van der Waals surface area contributed by atoms with Crippen molar-refractivity contribution < 1.29 is 0 Å². The van der Waals surface area contributed by atoms with E-state index in [2.05, 4.69) is 39.1 Å². The Kier molecular flexibility index (Phi) is 4.62. The van der Waals surface area contributed by atoms with Gasteiger partial charge in [0, 0.05) is 9.50 Å². The third-order valence-electron chi connectivity index (χ3n) is 4.29. The third kappa shape index (κ3) is 3.18. The highest BCUT2D eigenvalue weighted by Gasteiger charge is 2.11. The predicted molar refractivity (Wildman–Crippen MR) is 110 cm³/mol. The SMILES string of the molecule is O=c1c2cc(Cl)cc(Br)c2ncn1Cc1ccccc1-c1ccccc1. The van der Waals surface area contributed by atoms with E-state index >= 15 is 0 Å². The monoisotopic (exact) mass is 424 g/mol. The lowest BCUT2D eigenvalue weighted by Crippen LogP contribution is -2.21. The van der Waals surface area contributed by atoms with Crippen LogP contribution in [0.3, 0.4) is 0 Å². The maximum Gasteiger partial charge on any atom is 0.261 e. The number of aromatic nitrogens is 2. The first-order valence-corrected chi connectivity index (χ1v) is 9.28. The summed E-state index contributed by atoms with van der Waals surface area (Å²) in [6, 6.07) is 21.6. The van der Waals surface area contributed by atoms with Crippen LogP contribution in [0, 0.1) is 0 Å². The van der Waals surface area contributed by atoms with Gasteiger partial charge in [-0.1, -0.05) is 66.2 Å². The normalized spacial score (nSPS) is 11.0. The molecule has 0 saturated carbocycles. The second-order valence-corrected chi connectivity index (χ2v) is 7.28. The summed E-state index contributed by atoms with van der Waals surface area (Å²) < 4.78 is 2.33. The van der Waals surface area contributed by atoms with Crippen molar-refractivity contribution in [2.45, 2.75) is 6.54 Å². The molecule has 0 fully saturated rings. The molecule has 0 spiro atoms. The summed E-state index contributed by atoms with van der Waals surface area (Å²) in [4.78, 5) is 17.4. The first kappa shape index (κ1) is 17.0. The van der Waals surface area contributed by atoms with Gasteiger partial charge in [-0.05, 0) is 44.8 Å². The molecule has 1 aromatic heterocycles. The van der Waals surface area contributed by atoms with E-state index in [9.17, 15) is 4.79 Å². The van der Waals surface area contributed by atoms with Crippen molar-refractivity contribution in [1.82, 2.24) is 9.55 Å². The number of benzene rings is 3. The van der Waals surface area contributed by atoms with E-state index in [0.717, 1.165) is 16.7 Å². The highest BCUT2D eigenvalue weighted by atomic mass is 79.9. The van der Waals surface area contributed by atoms with Crippen LogP contribution in [0.15, 0.2) is 82.3 Å². The molecule has 0 aliphatic heterocycles. The van der Waals surface area contributed by atoms with Crippen LogP contribution in [0.1, 0.15) is 5.56 Å². The lowest BCUT2D eigenvalue weighted by atomic mass is 10.00. The van der Waals surface area contributed by atoms with Crippen LogP contribution in [-0.4, -0.2) is 9.55 Å². The topological polar surface area (TPSA) is 34.9 Å². The summed E-state index contributed by atoms with van der Waals surface area (Å²) in [5.41, 5.74) is 3.79. The molecule has 128 valence electrons. The summed E-state index contributed by atoms with van der Waals surface area (Å²) in [5.74, 6) is 0. The summed E-state index contributed by atoms with van der Waals surface area (Å²) in [6.07, 6.45) is 1.59. The third-order valence-corrected chi connectivity index (χ3v) is 5.11. The largest absolute Gasteiger partial charge is 0.294 e. The zero-order valence-electron chi connectivity index (χ0n) is 13.7. The molecule has 0 aliphatic carbocycles. The van der Waals surface area contributed by atoms with Crippen LogP contribution in [-0.2, 0) is 6.54 Å². The number of rotatable bonds is 3. The van der Waals surface area contributed by atoms with Gasteiger partial charge in [0.25, 0.3) is 5.56 Å². The van der Waals surface area contributed by atoms with Crippen LogP contribution in [0.4, 0.5) is 0 Å². The summed E-state index contributed by atoms with van der Waals surface area (Å²) >= 11 is 9.53. The summed E-state index contributed by atoms with van der Waals surface area (Å²) in [6.45, 7) is 0.441. The molecule has 0 atom stereocenters. The standard InChI is InChI=1S/C21H14BrClN2O/c22-19-11-16(23)10-18-20(19)24-13-25(21(18)26)12-15-8-4-5-9-17(15)14-6-2-1-3-7-14/h1-11,13H,12H2. The van der Waals surface area contributed by atoms with Gasteiger partial charge in [0.05, 0.1) is 23.8 Å². The van der Waals surface area contributed by atoms with Crippen LogP contribution in [0.25, 0.3) is 22.0 Å². The quantitative estimate of drug-likeness (QED) is 0.433. The molecule has 1 heterocycles. The molecule has 0 unspecified atom stereocenters. The Morgan fingerprint density at radius 3 is 2.54 bits per heavy atom. The van der Waals surface area contributed by atoms with Gasteiger partial charge in [0.15, 0.2) is 0 Å². The molecule has 3 aromatic carbocycles. The van der Waals surface area contributed by atoms with Gasteiger partial charge in [-0.3, -0.25) is 9.36 Å². The van der Waals surface area contributed by atoms with Gasteiger partial charge < -0.3 is 0 Å². The molecule has 0 radical (unpaired) electrons. The molecule has 0 aliphatic rings. The van der Waals surface area contributed by atoms with Crippen molar-refractivity contribution in [2.24, 2.45) is 0 Å². The lowest BCUT2D eigenvalue weighted by molar-refractivity contribution is 0.749. The lowest BCUT2D eigenvalue weighted by Gasteiger charge is -2.12. The van der Waals surface area contributed by atoms with Crippen LogP contribution in [0.5, 0.6) is 0 Å². The van der Waals surface area contributed by atoms with E-state index in [1.807, 2.05) is 36.4 Å². The molecule has 0 amide bonds. The number of halogens is 2. The zero-order chi connectivity index (χ0) is 18.1. The molecular formula is C21H14BrClN2O. The van der Waals surface area contributed by atoms with Crippen molar-refractivity contribution in [3.05, 3.63) is 98.5 Å². The minimum absolute atomic E-state index is 0.110. The maximum absolute atomic E-state index is 12.9. The number of hydrogen-bond donors (Lipinski definition) is 0. The first-order chi connectivity index (χ1) is 12.6. The summed E-state index contributed by atoms with van der Waals surface area (Å²) in [5, 5.41) is 1.01. The Morgan fingerprint density at radius 2 is 1.73 bits per heavy atom. The number of nitrogens with zero attached hydrogens (tertiary/aromatic N) is 2. The molecule has 4 rings (SSSR count). The minimum atomic E-state index is -0.110. The van der Waals surface area contributed by atoms with Crippen LogP contribution < -0.4 is 5.56 Å². The average molecular weight is 426 g/mol. The molecular weight excluding hydrogens is 412 g/mol. The van der Waals surface area contributed by atoms with Crippen molar-refractivity contribution in [2.75, 3.05) is 0 Å². The van der Waals surface area contributed by atoms with Gasteiger partial charge in [0.2, 0.25) is 0 Å². The van der Waals surface area contributed by atoms with Crippen LogP contribution >= 0.6 is 27.5 Å². The Hall–Kier alpha value is -2.43. The fourth-order valence-corrected chi connectivity index (χ4v) is 3.96. The summed E-state index contributed by atoms with van der Waals surface area (Å²) in [7, 11) is 0. The van der Waals surface area contributed by atoms with Gasteiger partial charge in [-0.15, -0.1) is 0 Å². The maximum atomic E-state index is 12.9. The molecule has 26 heavy (non-hydrogen) atoms. The fraction of sp³-hybridized carbons (Fsp3) is 0.0476. The van der Waals surface area contributed by atoms with Crippen LogP contribution in [0.2, 0.25) is 5.02 Å². The fourth-order valence-electron chi connectivity index (χ4n) is 3.05. The van der Waals surface area contributed by atoms with Gasteiger partial charge in [-0.2, -0.15) is 0 Å². The minimum Gasteiger partial charge on any atom is -0.294 e. The number of hydrogen-bond acceptors (Lipinski definition) is 2. The van der Waals surface area contributed by atoms with E-state index in [-0.39, 0.29) is 5.56 Å². The van der Waals surface area contributed by atoms with Crippen molar-refractivity contribution in [1.29, 1.82) is 0 Å². The van der Waals surface area contributed by atoms with E-state index in [4.69, 9.17) is 11.6 Å². The Balaban J connectivity index is 1.82. The van der Waals surface area contributed by atoms with E-state index in [1.54, 1.807) is 23.0 Å². The second kappa shape index (κ2) is 7.06. The number of fused-ring (bicyclic) bond motifs is 1. The average Bonchev–Trinajstić information content (AvgIpc) is 2.65. The zero-order valence-corrected chi connectivity index (χ0v) is 16.0. The Labute approximate surface area is 164 Å². The van der Waals surface area contributed by atoms with E-state index in [0.29, 0.717) is 26.9 Å². The highest BCUT2D eigenvalue weighted by Crippen LogP contribution is 2.26. The van der Waals surface area contributed by atoms with E-state index < -0.39 is 0 Å². The molecule has 3 nitrogen and oxygen atoms in total. The Morgan fingerprint density at radius 1 is 1.00 bits per heavy atom. The molecule has 5 heteroatoms.